The Morgan fingerprint density at radius 3 is 2.48 bits per heavy atom. The first-order chi connectivity index (χ1) is 11.0. The van der Waals surface area contributed by atoms with Crippen molar-refractivity contribution in [3.05, 3.63) is 59.7 Å². The first kappa shape index (κ1) is 15.1. The SMILES string of the molecule is CC(=O)CN1C(=O)C(c2ccccc2)Nc2cc(F)c(F)cc21. The van der Waals surface area contributed by atoms with Crippen molar-refractivity contribution in [3.63, 3.8) is 0 Å². The topological polar surface area (TPSA) is 49.4 Å². The van der Waals surface area contributed by atoms with E-state index in [0.717, 1.165) is 12.1 Å². The monoisotopic (exact) mass is 316 g/mol. The van der Waals surface area contributed by atoms with Crippen molar-refractivity contribution in [2.24, 2.45) is 0 Å². The van der Waals surface area contributed by atoms with E-state index in [1.54, 1.807) is 24.3 Å². The molecule has 118 valence electrons. The van der Waals surface area contributed by atoms with Gasteiger partial charge in [0.05, 0.1) is 17.9 Å². The Balaban J connectivity index is 2.10. The van der Waals surface area contributed by atoms with Crippen LogP contribution in [0.4, 0.5) is 20.2 Å². The van der Waals surface area contributed by atoms with Crippen molar-refractivity contribution in [2.75, 3.05) is 16.8 Å². The molecule has 6 heteroatoms. The average Bonchev–Trinajstić information content (AvgIpc) is 2.52. The lowest BCUT2D eigenvalue weighted by Gasteiger charge is -2.35. The molecule has 1 aliphatic heterocycles. The summed E-state index contributed by atoms with van der Waals surface area (Å²) in [5.74, 6) is -2.71. The molecule has 3 rings (SSSR count). The van der Waals surface area contributed by atoms with Crippen molar-refractivity contribution in [2.45, 2.75) is 13.0 Å². The Morgan fingerprint density at radius 1 is 1.17 bits per heavy atom. The summed E-state index contributed by atoms with van der Waals surface area (Å²) in [6.07, 6.45) is 0. The molecule has 0 saturated heterocycles. The zero-order valence-electron chi connectivity index (χ0n) is 12.3. The maximum Gasteiger partial charge on any atom is 0.254 e. The smallest absolute Gasteiger partial charge is 0.254 e. The molecule has 0 aliphatic carbocycles. The fraction of sp³-hybridized carbons (Fsp3) is 0.176. The number of nitrogens with zero attached hydrogens (tertiary/aromatic N) is 1. The van der Waals surface area contributed by atoms with E-state index in [-0.39, 0.29) is 29.6 Å². The first-order valence-electron chi connectivity index (χ1n) is 7.08. The highest BCUT2D eigenvalue weighted by Crippen LogP contribution is 2.37. The third-order valence-electron chi connectivity index (χ3n) is 3.66. The largest absolute Gasteiger partial charge is 0.368 e. The highest BCUT2D eigenvalue weighted by molar-refractivity contribution is 6.08. The number of ketones is 1. The van der Waals surface area contributed by atoms with E-state index in [9.17, 15) is 18.4 Å². The molecule has 0 aromatic heterocycles. The average molecular weight is 316 g/mol. The molecule has 1 amide bonds. The zero-order valence-corrected chi connectivity index (χ0v) is 12.3. The van der Waals surface area contributed by atoms with Gasteiger partial charge >= 0.3 is 0 Å². The third-order valence-corrected chi connectivity index (χ3v) is 3.66. The number of Topliss-reactive ketones (excluding diaryl/α,β-unsaturated/α-hetero) is 1. The molecule has 1 aliphatic rings. The van der Waals surface area contributed by atoms with Gasteiger partial charge in [-0.1, -0.05) is 30.3 Å². The molecular formula is C17H14F2N2O2. The number of carbonyl (C=O) groups excluding carboxylic acids is 2. The summed E-state index contributed by atoms with van der Waals surface area (Å²) in [6, 6.07) is 10.1. The number of benzene rings is 2. The fourth-order valence-electron chi connectivity index (χ4n) is 2.62. The third kappa shape index (κ3) is 2.79. The summed E-state index contributed by atoms with van der Waals surface area (Å²) in [5.41, 5.74) is 1.12. The molecule has 0 bridgehead atoms. The van der Waals surface area contributed by atoms with Crippen LogP contribution in [-0.4, -0.2) is 18.2 Å². The van der Waals surface area contributed by atoms with E-state index in [4.69, 9.17) is 0 Å². The molecular weight excluding hydrogens is 302 g/mol. The van der Waals surface area contributed by atoms with Crippen molar-refractivity contribution < 1.29 is 18.4 Å². The van der Waals surface area contributed by atoms with Gasteiger partial charge in [-0.2, -0.15) is 0 Å². The molecule has 0 fully saturated rings. The lowest BCUT2D eigenvalue weighted by molar-refractivity contribution is -0.122. The number of nitrogens with one attached hydrogen (secondary N) is 1. The van der Waals surface area contributed by atoms with Crippen LogP contribution in [0.15, 0.2) is 42.5 Å². The van der Waals surface area contributed by atoms with Crippen LogP contribution in [0.5, 0.6) is 0 Å². The van der Waals surface area contributed by atoms with E-state index >= 15 is 0 Å². The summed E-state index contributed by atoms with van der Waals surface area (Å²) in [7, 11) is 0. The molecule has 0 radical (unpaired) electrons. The predicted molar refractivity (Wildman–Crippen MR) is 82.2 cm³/mol. The van der Waals surface area contributed by atoms with Crippen LogP contribution in [0, 0.1) is 11.6 Å². The standard InChI is InChI=1S/C17H14F2N2O2/c1-10(22)9-21-15-8-13(19)12(18)7-14(15)20-16(17(21)23)11-5-3-2-4-6-11/h2-8,16,20H,9H2,1H3. The maximum atomic E-state index is 13.5. The highest BCUT2D eigenvalue weighted by atomic mass is 19.2. The Bertz CT molecular complexity index is 778. The minimum absolute atomic E-state index is 0.163. The van der Waals surface area contributed by atoms with Crippen LogP contribution in [0.25, 0.3) is 0 Å². The Morgan fingerprint density at radius 2 is 1.83 bits per heavy atom. The molecule has 0 saturated carbocycles. The van der Waals surface area contributed by atoms with Gasteiger partial charge in [-0.05, 0) is 12.5 Å². The van der Waals surface area contributed by atoms with Gasteiger partial charge in [0.25, 0.3) is 5.91 Å². The molecule has 1 atom stereocenters. The van der Waals surface area contributed by atoms with Gasteiger partial charge in [-0.3, -0.25) is 9.59 Å². The van der Waals surface area contributed by atoms with Gasteiger partial charge in [0.2, 0.25) is 0 Å². The van der Waals surface area contributed by atoms with Gasteiger partial charge in [0.1, 0.15) is 11.8 Å². The van der Waals surface area contributed by atoms with E-state index in [2.05, 4.69) is 5.32 Å². The number of hydrogen-bond acceptors (Lipinski definition) is 3. The number of halogens is 2. The van der Waals surface area contributed by atoms with Crippen LogP contribution in [-0.2, 0) is 9.59 Å². The Hall–Kier alpha value is -2.76. The lowest BCUT2D eigenvalue weighted by Crippen LogP contribution is -2.44. The molecule has 1 heterocycles. The molecule has 1 unspecified atom stereocenters. The first-order valence-corrected chi connectivity index (χ1v) is 7.08. The molecule has 2 aromatic rings. The number of hydrogen-bond donors (Lipinski definition) is 1. The van der Waals surface area contributed by atoms with Crippen LogP contribution >= 0.6 is 0 Å². The van der Waals surface area contributed by atoms with Crippen molar-refractivity contribution >= 4 is 23.1 Å². The second-order valence-electron chi connectivity index (χ2n) is 5.40. The molecule has 23 heavy (non-hydrogen) atoms. The van der Waals surface area contributed by atoms with Crippen LogP contribution < -0.4 is 10.2 Å². The van der Waals surface area contributed by atoms with Crippen molar-refractivity contribution in [1.29, 1.82) is 0 Å². The number of carbonyl (C=O) groups is 2. The second-order valence-corrected chi connectivity index (χ2v) is 5.40. The van der Waals surface area contributed by atoms with Gasteiger partial charge < -0.3 is 10.2 Å². The van der Waals surface area contributed by atoms with Crippen LogP contribution in [0.2, 0.25) is 0 Å². The van der Waals surface area contributed by atoms with E-state index in [1.807, 2.05) is 6.07 Å². The zero-order chi connectivity index (χ0) is 16.6. The number of fused-ring (bicyclic) bond motifs is 1. The molecule has 2 aromatic carbocycles. The number of anilines is 2. The van der Waals surface area contributed by atoms with E-state index in [1.165, 1.54) is 11.8 Å². The number of rotatable bonds is 3. The molecule has 4 nitrogen and oxygen atoms in total. The van der Waals surface area contributed by atoms with E-state index < -0.39 is 17.7 Å². The summed E-state index contributed by atoms with van der Waals surface area (Å²) >= 11 is 0. The number of amides is 1. The van der Waals surface area contributed by atoms with Gasteiger partial charge in [0.15, 0.2) is 11.6 Å². The highest BCUT2D eigenvalue weighted by Gasteiger charge is 2.34. The van der Waals surface area contributed by atoms with E-state index in [0.29, 0.717) is 5.56 Å². The van der Waals surface area contributed by atoms with Crippen LogP contribution in [0.1, 0.15) is 18.5 Å². The summed E-state index contributed by atoms with van der Waals surface area (Å²) < 4.78 is 27.1. The summed E-state index contributed by atoms with van der Waals surface area (Å²) in [6.45, 7) is 1.15. The quantitative estimate of drug-likeness (QED) is 0.947. The van der Waals surface area contributed by atoms with Crippen LogP contribution in [0.3, 0.4) is 0 Å². The minimum atomic E-state index is -1.06. The lowest BCUT2D eigenvalue weighted by atomic mass is 10.0. The Labute approximate surface area is 131 Å². The van der Waals surface area contributed by atoms with Gasteiger partial charge in [-0.15, -0.1) is 0 Å². The van der Waals surface area contributed by atoms with Gasteiger partial charge in [-0.25, -0.2) is 8.78 Å². The fourth-order valence-corrected chi connectivity index (χ4v) is 2.62. The van der Waals surface area contributed by atoms with Gasteiger partial charge in [0, 0.05) is 12.1 Å². The van der Waals surface area contributed by atoms with Crippen molar-refractivity contribution in [3.8, 4) is 0 Å². The molecule has 1 N–H and O–H groups in total. The second kappa shape index (κ2) is 5.79. The summed E-state index contributed by atoms with van der Waals surface area (Å²) in [5, 5.41) is 2.93. The maximum absolute atomic E-state index is 13.5. The Kier molecular flexibility index (Phi) is 3.82. The predicted octanol–water partition coefficient (Wildman–Crippen LogP) is 3.05. The van der Waals surface area contributed by atoms with Crippen molar-refractivity contribution in [1.82, 2.24) is 0 Å². The molecule has 0 spiro atoms. The minimum Gasteiger partial charge on any atom is -0.368 e. The summed E-state index contributed by atoms with van der Waals surface area (Å²) in [4.78, 5) is 25.4. The normalized spacial score (nSPS) is 16.7.